The molecule has 6 nitrogen and oxygen atoms in total. The van der Waals surface area contributed by atoms with Crippen LogP contribution in [0.3, 0.4) is 0 Å². The summed E-state index contributed by atoms with van der Waals surface area (Å²) in [5.74, 6) is 1.30. The summed E-state index contributed by atoms with van der Waals surface area (Å²) in [6, 6.07) is 15.0. The largest absolute Gasteiger partial charge is 0.496 e. The monoisotopic (exact) mass is 339 g/mol. The van der Waals surface area contributed by atoms with E-state index in [1.165, 1.54) is 4.57 Å². The third kappa shape index (κ3) is 3.34. The van der Waals surface area contributed by atoms with Gasteiger partial charge in [0.25, 0.3) is 5.56 Å². The lowest BCUT2D eigenvalue weighted by Crippen LogP contribution is -2.31. The van der Waals surface area contributed by atoms with Crippen LogP contribution in [0.2, 0.25) is 0 Å². The molecule has 6 heteroatoms. The lowest BCUT2D eigenvalue weighted by Gasteiger charge is -2.23. The number of rotatable bonds is 6. The van der Waals surface area contributed by atoms with Crippen LogP contribution < -0.4 is 15.2 Å². The molecular weight excluding hydrogens is 318 g/mol. The van der Waals surface area contributed by atoms with Gasteiger partial charge in [0.15, 0.2) is 0 Å². The smallest absolute Gasteiger partial charge is 0.262 e. The first-order chi connectivity index (χ1) is 12.2. The molecule has 0 aliphatic rings. The number of anilines is 1. The Morgan fingerprint density at radius 3 is 2.64 bits per heavy atom. The normalized spacial score (nSPS) is 10.8. The number of methoxy groups -OCH3 is 1. The summed E-state index contributed by atoms with van der Waals surface area (Å²) in [6.07, 6.45) is 0. The van der Waals surface area contributed by atoms with Crippen molar-refractivity contribution in [1.82, 2.24) is 9.55 Å². The van der Waals surface area contributed by atoms with E-state index in [9.17, 15) is 9.90 Å². The predicted octanol–water partition coefficient (Wildman–Crippen LogP) is 2.03. The van der Waals surface area contributed by atoms with Crippen LogP contribution in [0.5, 0.6) is 5.75 Å². The maximum Gasteiger partial charge on any atom is 0.262 e. The molecule has 3 rings (SSSR count). The van der Waals surface area contributed by atoms with Crippen molar-refractivity contribution in [3.05, 3.63) is 64.4 Å². The Morgan fingerprint density at radius 1 is 1.16 bits per heavy atom. The minimum Gasteiger partial charge on any atom is -0.496 e. The maximum atomic E-state index is 12.8. The Kier molecular flexibility index (Phi) is 5.00. The summed E-state index contributed by atoms with van der Waals surface area (Å²) >= 11 is 0. The number of ether oxygens (including phenoxy) is 1. The fourth-order valence-electron chi connectivity index (χ4n) is 2.91. The summed E-state index contributed by atoms with van der Waals surface area (Å²) in [7, 11) is 3.51. The third-order valence-electron chi connectivity index (χ3n) is 4.11. The summed E-state index contributed by atoms with van der Waals surface area (Å²) in [6.45, 7) is 0.595. The van der Waals surface area contributed by atoms with Crippen LogP contribution in [0.4, 0.5) is 5.95 Å². The SMILES string of the molecule is COc1ccccc1CN(C)c1nc2ccccc2c(=O)n1CCO. The van der Waals surface area contributed by atoms with Gasteiger partial charge in [-0.15, -0.1) is 0 Å². The quantitative estimate of drug-likeness (QED) is 0.744. The highest BCUT2D eigenvalue weighted by molar-refractivity contribution is 5.78. The van der Waals surface area contributed by atoms with Gasteiger partial charge in [0.1, 0.15) is 5.75 Å². The minimum absolute atomic E-state index is 0.130. The van der Waals surface area contributed by atoms with Crippen molar-refractivity contribution >= 4 is 16.9 Å². The Bertz CT molecular complexity index is 937. The van der Waals surface area contributed by atoms with E-state index in [0.29, 0.717) is 23.4 Å². The van der Waals surface area contributed by atoms with Crippen molar-refractivity contribution in [3.63, 3.8) is 0 Å². The molecule has 0 atom stereocenters. The second-order valence-electron chi connectivity index (χ2n) is 5.78. The highest BCUT2D eigenvalue weighted by Gasteiger charge is 2.15. The van der Waals surface area contributed by atoms with Gasteiger partial charge in [-0.25, -0.2) is 4.98 Å². The van der Waals surface area contributed by atoms with Crippen LogP contribution in [0.15, 0.2) is 53.3 Å². The zero-order chi connectivity index (χ0) is 17.8. The van der Waals surface area contributed by atoms with E-state index in [0.717, 1.165) is 11.3 Å². The van der Waals surface area contributed by atoms with Crippen LogP contribution in [-0.4, -0.2) is 35.4 Å². The van der Waals surface area contributed by atoms with Gasteiger partial charge in [0, 0.05) is 19.2 Å². The van der Waals surface area contributed by atoms with Crippen molar-refractivity contribution in [2.45, 2.75) is 13.1 Å². The Morgan fingerprint density at radius 2 is 1.88 bits per heavy atom. The number of aliphatic hydroxyl groups excluding tert-OH is 1. The summed E-state index contributed by atoms with van der Waals surface area (Å²) in [5.41, 5.74) is 1.48. The van der Waals surface area contributed by atoms with E-state index in [1.807, 2.05) is 54.4 Å². The molecule has 0 fully saturated rings. The second-order valence-corrected chi connectivity index (χ2v) is 5.78. The lowest BCUT2D eigenvalue weighted by molar-refractivity contribution is 0.274. The average molecular weight is 339 g/mol. The lowest BCUT2D eigenvalue weighted by atomic mass is 10.2. The van der Waals surface area contributed by atoms with Gasteiger partial charge in [0.05, 0.1) is 31.2 Å². The molecule has 0 bridgehead atoms. The summed E-state index contributed by atoms with van der Waals surface area (Å²) in [4.78, 5) is 19.3. The zero-order valence-corrected chi connectivity index (χ0v) is 14.3. The molecule has 2 aromatic carbocycles. The fraction of sp³-hybridized carbons (Fsp3) is 0.263. The Labute approximate surface area is 145 Å². The second kappa shape index (κ2) is 7.36. The predicted molar refractivity (Wildman–Crippen MR) is 98.2 cm³/mol. The average Bonchev–Trinajstić information content (AvgIpc) is 2.64. The first kappa shape index (κ1) is 17.0. The van der Waals surface area contributed by atoms with Gasteiger partial charge < -0.3 is 14.7 Å². The molecule has 0 radical (unpaired) electrons. The van der Waals surface area contributed by atoms with Gasteiger partial charge in [0.2, 0.25) is 5.95 Å². The molecule has 0 aliphatic carbocycles. The van der Waals surface area contributed by atoms with Crippen LogP contribution in [0.25, 0.3) is 10.9 Å². The highest BCUT2D eigenvalue weighted by Crippen LogP contribution is 2.21. The van der Waals surface area contributed by atoms with E-state index < -0.39 is 0 Å². The fourth-order valence-corrected chi connectivity index (χ4v) is 2.91. The molecule has 0 saturated heterocycles. The molecule has 130 valence electrons. The first-order valence-electron chi connectivity index (χ1n) is 8.09. The molecule has 1 heterocycles. The molecule has 1 aromatic heterocycles. The molecule has 0 amide bonds. The van der Waals surface area contributed by atoms with Crippen molar-refractivity contribution in [2.75, 3.05) is 25.7 Å². The molecule has 25 heavy (non-hydrogen) atoms. The molecule has 0 saturated carbocycles. The number of hydrogen-bond acceptors (Lipinski definition) is 5. The number of aromatic nitrogens is 2. The number of benzene rings is 2. The highest BCUT2D eigenvalue weighted by atomic mass is 16.5. The first-order valence-corrected chi connectivity index (χ1v) is 8.09. The van der Waals surface area contributed by atoms with E-state index in [-0.39, 0.29) is 18.7 Å². The number of para-hydroxylation sites is 2. The van der Waals surface area contributed by atoms with Crippen LogP contribution in [0.1, 0.15) is 5.56 Å². The van der Waals surface area contributed by atoms with Crippen molar-refractivity contribution < 1.29 is 9.84 Å². The van der Waals surface area contributed by atoms with Gasteiger partial charge in [-0.1, -0.05) is 30.3 Å². The van der Waals surface area contributed by atoms with Crippen molar-refractivity contribution in [1.29, 1.82) is 0 Å². The molecular formula is C19H21N3O3. The Hall–Kier alpha value is -2.86. The van der Waals surface area contributed by atoms with Gasteiger partial charge >= 0.3 is 0 Å². The van der Waals surface area contributed by atoms with Gasteiger partial charge in [-0.2, -0.15) is 0 Å². The topological polar surface area (TPSA) is 67.6 Å². The molecule has 3 aromatic rings. The number of fused-ring (bicyclic) bond motifs is 1. The van der Waals surface area contributed by atoms with Gasteiger partial charge in [-0.05, 0) is 18.2 Å². The third-order valence-corrected chi connectivity index (χ3v) is 4.11. The molecule has 0 spiro atoms. The number of aliphatic hydroxyl groups is 1. The molecule has 0 aliphatic heterocycles. The minimum atomic E-state index is -0.151. The van der Waals surface area contributed by atoms with E-state index >= 15 is 0 Å². The van der Waals surface area contributed by atoms with Gasteiger partial charge in [-0.3, -0.25) is 9.36 Å². The van der Waals surface area contributed by atoms with Crippen LogP contribution >= 0.6 is 0 Å². The van der Waals surface area contributed by atoms with E-state index in [2.05, 4.69) is 4.98 Å². The molecule has 1 N–H and O–H groups in total. The molecule has 0 unspecified atom stereocenters. The van der Waals surface area contributed by atoms with Crippen LogP contribution in [-0.2, 0) is 13.1 Å². The van der Waals surface area contributed by atoms with Crippen LogP contribution in [0, 0.1) is 0 Å². The van der Waals surface area contributed by atoms with E-state index in [4.69, 9.17) is 4.74 Å². The summed E-state index contributed by atoms with van der Waals surface area (Å²) in [5, 5.41) is 9.91. The Balaban J connectivity index is 2.07. The maximum absolute atomic E-state index is 12.8. The zero-order valence-electron chi connectivity index (χ0n) is 14.3. The van der Waals surface area contributed by atoms with Crippen molar-refractivity contribution in [3.8, 4) is 5.75 Å². The summed E-state index contributed by atoms with van der Waals surface area (Å²) < 4.78 is 6.91. The standard InChI is InChI=1S/C19H21N3O3/c1-21(13-14-7-3-6-10-17(14)25-2)19-20-16-9-5-4-8-15(16)18(24)22(19)11-12-23/h3-10,23H,11-13H2,1-2H3. The number of hydrogen-bond donors (Lipinski definition) is 1. The van der Waals surface area contributed by atoms with Crippen molar-refractivity contribution in [2.24, 2.45) is 0 Å². The number of nitrogens with zero attached hydrogens (tertiary/aromatic N) is 3. The van der Waals surface area contributed by atoms with E-state index in [1.54, 1.807) is 13.2 Å².